The summed E-state index contributed by atoms with van der Waals surface area (Å²) < 4.78 is 63.9. The minimum atomic E-state index is -4.16. The van der Waals surface area contributed by atoms with Gasteiger partial charge in [0.2, 0.25) is 5.88 Å². The fourth-order valence-corrected chi connectivity index (χ4v) is 4.53. The molecule has 12 heteroatoms. The highest BCUT2D eigenvalue weighted by atomic mass is 79.9. The number of rotatable bonds is 8. The molecule has 1 aliphatic rings. The maximum absolute atomic E-state index is 13.4. The number of carbonyl (C=O) groups is 1. The second-order valence-electron chi connectivity index (χ2n) is 7.86. The van der Waals surface area contributed by atoms with E-state index in [1.165, 1.54) is 12.3 Å². The molecule has 33 heavy (non-hydrogen) atoms. The number of aryl methyl sites for hydroxylation is 1. The molecule has 0 spiro atoms. The number of benzene rings is 1. The van der Waals surface area contributed by atoms with Crippen LogP contribution in [-0.2, 0) is 27.9 Å². The monoisotopic (exact) mass is 547 g/mol. The van der Waals surface area contributed by atoms with E-state index >= 15 is 0 Å². The Labute approximate surface area is 199 Å². The Morgan fingerprint density at radius 3 is 2.70 bits per heavy atom. The van der Waals surface area contributed by atoms with Crippen LogP contribution in [0.15, 0.2) is 34.9 Å². The maximum Gasteiger partial charge on any atom is 0.265 e. The van der Waals surface area contributed by atoms with Crippen molar-refractivity contribution in [2.75, 3.05) is 32.0 Å². The zero-order valence-corrected chi connectivity index (χ0v) is 20.3. The van der Waals surface area contributed by atoms with Gasteiger partial charge in [-0.2, -0.15) is 8.42 Å². The molecule has 3 rings (SSSR count). The van der Waals surface area contributed by atoms with Crippen LogP contribution in [0, 0.1) is 11.6 Å². The first kappa shape index (κ1) is 25.5. The van der Waals surface area contributed by atoms with Crippen molar-refractivity contribution in [3.63, 3.8) is 0 Å². The van der Waals surface area contributed by atoms with Crippen molar-refractivity contribution in [3.8, 4) is 5.88 Å². The van der Waals surface area contributed by atoms with Crippen molar-refractivity contribution in [2.24, 2.45) is 0 Å². The molecule has 2 aromatic rings. The number of ether oxygens (including phenoxy) is 1. The molecule has 0 radical (unpaired) electrons. The first-order chi connectivity index (χ1) is 15.5. The minimum absolute atomic E-state index is 0.0200. The van der Waals surface area contributed by atoms with Crippen molar-refractivity contribution in [3.05, 3.63) is 57.7 Å². The lowest BCUT2D eigenvalue weighted by Gasteiger charge is -2.39. The SMILES string of the molecule is C[C@@H]1CN(Cc2ccc(F)c(F)c2)CCN1C(=O)COc1ncc(Br)cc1CCS(=O)(=O)O. The number of piperazine rings is 1. The van der Waals surface area contributed by atoms with Crippen molar-refractivity contribution >= 4 is 32.0 Å². The van der Waals surface area contributed by atoms with Gasteiger partial charge in [-0.25, -0.2) is 13.8 Å². The van der Waals surface area contributed by atoms with E-state index in [9.17, 15) is 22.0 Å². The van der Waals surface area contributed by atoms with Gasteiger partial charge in [-0.05, 0) is 53.0 Å². The molecule has 1 amide bonds. The van der Waals surface area contributed by atoms with Crippen LogP contribution in [0.5, 0.6) is 5.88 Å². The Bertz CT molecular complexity index is 1120. The third-order valence-corrected chi connectivity index (χ3v) is 6.43. The van der Waals surface area contributed by atoms with Gasteiger partial charge in [-0.1, -0.05) is 6.07 Å². The highest BCUT2D eigenvalue weighted by molar-refractivity contribution is 9.10. The van der Waals surface area contributed by atoms with Gasteiger partial charge in [-0.3, -0.25) is 14.2 Å². The van der Waals surface area contributed by atoms with Gasteiger partial charge >= 0.3 is 0 Å². The summed E-state index contributed by atoms with van der Waals surface area (Å²) >= 11 is 3.25. The van der Waals surface area contributed by atoms with Gasteiger partial charge in [-0.15, -0.1) is 0 Å². The van der Waals surface area contributed by atoms with E-state index < -0.39 is 27.5 Å². The quantitative estimate of drug-likeness (QED) is 0.507. The smallest absolute Gasteiger partial charge is 0.265 e. The molecule has 1 aromatic heterocycles. The first-order valence-corrected chi connectivity index (χ1v) is 12.6. The summed E-state index contributed by atoms with van der Waals surface area (Å²) in [5.74, 6) is -2.39. The Morgan fingerprint density at radius 2 is 2.03 bits per heavy atom. The zero-order valence-electron chi connectivity index (χ0n) is 17.9. The minimum Gasteiger partial charge on any atom is -0.467 e. The first-order valence-electron chi connectivity index (χ1n) is 10.2. The third kappa shape index (κ3) is 7.42. The molecule has 0 bridgehead atoms. The van der Waals surface area contributed by atoms with Crippen LogP contribution in [0.2, 0.25) is 0 Å². The lowest BCUT2D eigenvalue weighted by Crippen LogP contribution is -2.54. The van der Waals surface area contributed by atoms with Crippen LogP contribution in [0.4, 0.5) is 8.78 Å². The zero-order chi connectivity index (χ0) is 24.2. The molecular weight excluding hydrogens is 524 g/mol. The van der Waals surface area contributed by atoms with Gasteiger partial charge in [0.1, 0.15) is 0 Å². The van der Waals surface area contributed by atoms with Crippen LogP contribution in [0.25, 0.3) is 0 Å². The number of aromatic nitrogens is 1. The molecule has 1 N–H and O–H groups in total. The number of hydrogen-bond acceptors (Lipinski definition) is 6. The van der Waals surface area contributed by atoms with E-state index in [0.717, 1.165) is 6.07 Å². The summed E-state index contributed by atoms with van der Waals surface area (Å²) in [7, 11) is -4.16. The molecule has 8 nitrogen and oxygen atoms in total. The van der Waals surface area contributed by atoms with Gasteiger partial charge in [0.15, 0.2) is 18.2 Å². The molecule has 0 unspecified atom stereocenters. The second-order valence-corrected chi connectivity index (χ2v) is 10.4. The van der Waals surface area contributed by atoms with Gasteiger partial charge in [0, 0.05) is 48.5 Å². The summed E-state index contributed by atoms with van der Waals surface area (Å²) in [6, 6.07) is 5.32. The number of halogens is 3. The van der Waals surface area contributed by atoms with E-state index in [2.05, 4.69) is 25.8 Å². The van der Waals surface area contributed by atoms with E-state index in [1.54, 1.807) is 17.0 Å². The second kappa shape index (κ2) is 10.9. The molecule has 1 saturated heterocycles. The van der Waals surface area contributed by atoms with Gasteiger partial charge < -0.3 is 9.64 Å². The van der Waals surface area contributed by atoms with Crippen molar-refractivity contribution in [1.29, 1.82) is 0 Å². The fraction of sp³-hybridized carbons (Fsp3) is 0.429. The lowest BCUT2D eigenvalue weighted by molar-refractivity contribution is -0.138. The number of pyridine rings is 1. The highest BCUT2D eigenvalue weighted by Crippen LogP contribution is 2.22. The summed E-state index contributed by atoms with van der Waals surface area (Å²) in [5, 5.41) is 0. The van der Waals surface area contributed by atoms with Crippen molar-refractivity contribution in [1.82, 2.24) is 14.8 Å². The largest absolute Gasteiger partial charge is 0.467 e. The van der Waals surface area contributed by atoms with Crippen molar-refractivity contribution < 1.29 is 31.3 Å². The topological polar surface area (TPSA) is 100 Å². The van der Waals surface area contributed by atoms with Gasteiger partial charge in [0.05, 0.1) is 5.75 Å². The predicted octanol–water partition coefficient (Wildman–Crippen LogP) is 2.66. The normalized spacial score (nSPS) is 17.2. The van der Waals surface area contributed by atoms with Crippen LogP contribution in [0.1, 0.15) is 18.1 Å². The maximum atomic E-state index is 13.4. The van der Waals surface area contributed by atoms with E-state index in [4.69, 9.17) is 9.29 Å². The molecule has 1 fully saturated rings. The average Bonchev–Trinajstić information content (AvgIpc) is 2.73. The molecule has 0 saturated carbocycles. The van der Waals surface area contributed by atoms with E-state index in [-0.39, 0.29) is 30.9 Å². The standard InChI is InChI=1S/C21H24BrF2N3O5S/c1-14-11-26(12-15-2-3-18(23)19(24)8-15)5-6-27(14)20(28)13-32-21-16(4-7-33(29,30)31)9-17(22)10-25-21/h2-3,8-10,14H,4-7,11-13H2,1H3,(H,29,30,31)/t14-/m1/s1. The fourth-order valence-electron chi connectivity index (χ4n) is 3.67. The van der Waals surface area contributed by atoms with E-state index in [0.29, 0.717) is 41.8 Å². The predicted molar refractivity (Wildman–Crippen MR) is 120 cm³/mol. The molecule has 180 valence electrons. The van der Waals surface area contributed by atoms with Crippen molar-refractivity contribution in [2.45, 2.75) is 25.9 Å². The number of carbonyl (C=O) groups excluding carboxylic acids is 1. The molecule has 0 aliphatic carbocycles. The molecular formula is C21H24BrF2N3O5S. The van der Waals surface area contributed by atoms with Gasteiger partial charge in [0.25, 0.3) is 16.0 Å². The highest BCUT2D eigenvalue weighted by Gasteiger charge is 2.28. The Balaban J connectivity index is 1.56. The Morgan fingerprint density at radius 1 is 1.27 bits per heavy atom. The van der Waals surface area contributed by atoms with Crippen LogP contribution in [-0.4, -0.2) is 71.7 Å². The summed E-state index contributed by atoms with van der Waals surface area (Å²) in [5.41, 5.74) is 1.10. The molecule has 1 aliphatic heterocycles. The van der Waals surface area contributed by atoms with Crippen LogP contribution in [0.3, 0.4) is 0 Å². The lowest BCUT2D eigenvalue weighted by atomic mass is 10.1. The van der Waals surface area contributed by atoms with Crippen LogP contribution < -0.4 is 4.74 Å². The summed E-state index contributed by atoms with van der Waals surface area (Å²) in [4.78, 5) is 20.6. The molecule has 2 heterocycles. The van der Waals surface area contributed by atoms with E-state index in [1.807, 2.05) is 6.92 Å². The molecule has 1 aromatic carbocycles. The van der Waals surface area contributed by atoms with Crippen LogP contribution >= 0.6 is 15.9 Å². The Kier molecular flexibility index (Phi) is 8.38. The summed E-state index contributed by atoms with van der Waals surface area (Å²) in [6.07, 6.45) is 1.45. The molecule has 1 atom stereocenters. The Hall–Kier alpha value is -2.15. The third-order valence-electron chi connectivity index (χ3n) is 5.28. The number of amides is 1. The number of hydrogen-bond donors (Lipinski definition) is 1. The summed E-state index contributed by atoms with van der Waals surface area (Å²) in [6.45, 7) is 3.62. The number of nitrogens with zero attached hydrogens (tertiary/aromatic N) is 3. The average molecular weight is 548 g/mol.